The van der Waals surface area contributed by atoms with Crippen molar-refractivity contribution in [2.75, 3.05) is 13.2 Å². The van der Waals surface area contributed by atoms with Crippen molar-refractivity contribution in [1.29, 1.82) is 0 Å². The van der Waals surface area contributed by atoms with Gasteiger partial charge in [-0.15, -0.1) is 10.2 Å². The molecule has 106 valence electrons. The van der Waals surface area contributed by atoms with E-state index in [1.54, 1.807) is 10.9 Å². The minimum atomic E-state index is -0.300. The molecule has 1 fully saturated rings. The number of hydrogen-bond acceptors (Lipinski definition) is 6. The first-order chi connectivity index (χ1) is 9.16. The summed E-state index contributed by atoms with van der Waals surface area (Å²) < 4.78 is 12.6. The molecular formula is C12H19N3O3S. The summed E-state index contributed by atoms with van der Waals surface area (Å²) in [7, 11) is 1.84. The second kappa shape index (κ2) is 6.91. The quantitative estimate of drug-likeness (QED) is 0.602. The van der Waals surface area contributed by atoms with Gasteiger partial charge in [-0.3, -0.25) is 4.79 Å². The Morgan fingerprint density at radius 3 is 3.16 bits per heavy atom. The molecule has 2 atom stereocenters. The van der Waals surface area contributed by atoms with E-state index in [9.17, 15) is 4.79 Å². The molecule has 19 heavy (non-hydrogen) atoms. The largest absolute Gasteiger partial charge is 0.462 e. The van der Waals surface area contributed by atoms with Crippen LogP contribution < -0.4 is 0 Å². The normalized spacial score (nSPS) is 21.1. The van der Waals surface area contributed by atoms with Crippen LogP contribution >= 0.6 is 11.8 Å². The first-order valence-electron chi connectivity index (χ1n) is 6.45. The van der Waals surface area contributed by atoms with Crippen molar-refractivity contribution in [3.05, 3.63) is 6.33 Å². The number of ether oxygens (including phenoxy) is 2. The fraction of sp³-hybridized carbons (Fsp3) is 0.750. The third-order valence-electron chi connectivity index (χ3n) is 2.97. The van der Waals surface area contributed by atoms with E-state index in [1.807, 2.05) is 14.0 Å². The van der Waals surface area contributed by atoms with Crippen molar-refractivity contribution in [2.45, 2.75) is 42.7 Å². The molecule has 0 radical (unpaired) electrons. The molecule has 6 nitrogen and oxygen atoms in total. The Kier molecular flexibility index (Phi) is 5.21. The summed E-state index contributed by atoms with van der Waals surface area (Å²) in [5.74, 6) is -0.234. The maximum Gasteiger partial charge on any atom is 0.319 e. The Morgan fingerprint density at radius 1 is 1.68 bits per heavy atom. The van der Waals surface area contributed by atoms with Crippen LogP contribution in [0.3, 0.4) is 0 Å². The van der Waals surface area contributed by atoms with Gasteiger partial charge in [0.05, 0.1) is 6.10 Å². The molecule has 0 amide bonds. The third-order valence-corrected chi connectivity index (χ3v) is 4.10. The molecule has 0 saturated carbocycles. The van der Waals surface area contributed by atoms with Gasteiger partial charge in [0.1, 0.15) is 18.2 Å². The SMILES string of the molecule is CC(Sc1nncn1C)C(=O)OCC1CCCCO1. The molecule has 1 aromatic rings. The van der Waals surface area contributed by atoms with Crippen LogP contribution in [-0.4, -0.2) is 45.3 Å². The van der Waals surface area contributed by atoms with Crippen molar-refractivity contribution in [3.63, 3.8) is 0 Å². The van der Waals surface area contributed by atoms with Crippen molar-refractivity contribution < 1.29 is 14.3 Å². The van der Waals surface area contributed by atoms with Gasteiger partial charge < -0.3 is 14.0 Å². The lowest BCUT2D eigenvalue weighted by atomic mass is 10.1. The van der Waals surface area contributed by atoms with Gasteiger partial charge >= 0.3 is 5.97 Å². The van der Waals surface area contributed by atoms with Crippen LogP contribution in [0.25, 0.3) is 0 Å². The average Bonchev–Trinajstić information content (AvgIpc) is 2.82. The smallest absolute Gasteiger partial charge is 0.319 e. The van der Waals surface area contributed by atoms with Gasteiger partial charge in [0.15, 0.2) is 5.16 Å². The number of esters is 1. The molecule has 7 heteroatoms. The van der Waals surface area contributed by atoms with Crippen LogP contribution in [0.1, 0.15) is 26.2 Å². The molecule has 0 aromatic carbocycles. The van der Waals surface area contributed by atoms with E-state index in [0.717, 1.165) is 25.9 Å². The zero-order valence-electron chi connectivity index (χ0n) is 11.2. The van der Waals surface area contributed by atoms with Crippen LogP contribution in [0.2, 0.25) is 0 Å². The van der Waals surface area contributed by atoms with Crippen LogP contribution in [0.5, 0.6) is 0 Å². The summed E-state index contributed by atoms with van der Waals surface area (Å²) in [5, 5.41) is 8.11. The maximum atomic E-state index is 11.9. The second-order valence-electron chi connectivity index (χ2n) is 4.60. The van der Waals surface area contributed by atoms with E-state index in [1.165, 1.54) is 11.8 Å². The second-order valence-corrected chi connectivity index (χ2v) is 5.91. The summed E-state index contributed by atoms with van der Waals surface area (Å²) in [5.41, 5.74) is 0. The molecule has 0 N–H and O–H groups in total. The zero-order valence-corrected chi connectivity index (χ0v) is 12.1. The topological polar surface area (TPSA) is 66.2 Å². The summed E-state index contributed by atoms with van der Waals surface area (Å²) in [6, 6.07) is 0. The Morgan fingerprint density at radius 2 is 2.53 bits per heavy atom. The van der Waals surface area contributed by atoms with E-state index < -0.39 is 0 Å². The summed E-state index contributed by atoms with van der Waals surface area (Å²) in [4.78, 5) is 11.9. The number of aryl methyl sites for hydroxylation is 1. The zero-order chi connectivity index (χ0) is 13.7. The molecule has 1 aliphatic rings. The van der Waals surface area contributed by atoms with Gasteiger partial charge in [-0.25, -0.2) is 0 Å². The fourth-order valence-electron chi connectivity index (χ4n) is 1.82. The predicted molar refractivity (Wildman–Crippen MR) is 70.9 cm³/mol. The van der Waals surface area contributed by atoms with Crippen LogP contribution in [0.15, 0.2) is 11.5 Å². The number of thioether (sulfide) groups is 1. The van der Waals surface area contributed by atoms with Crippen LogP contribution in [-0.2, 0) is 21.3 Å². The first-order valence-corrected chi connectivity index (χ1v) is 7.33. The highest BCUT2D eigenvalue weighted by molar-refractivity contribution is 8.00. The maximum absolute atomic E-state index is 11.9. The number of rotatable bonds is 5. The van der Waals surface area contributed by atoms with Crippen molar-refractivity contribution in [2.24, 2.45) is 7.05 Å². The van der Waals surface area contributed by atoms with Gasteiger partial charge in [-0.2, -0.15) is 0 Å². The summed E-state index contributed by atoms with van der Waals surface area (Å²) >= 11 is 1.35. The molecular weight excluding hydrogens is 266 g/mol. The number of hydrogen-bond donors (Lipinski definition) is 0. The van der Waals surface area contributed by atoms with Gasteiger partial charge in [-0.1, -0.05) is 11.8 Å². The highest BCUT2D eigenvalue weighted by atomic mass is 32.2. The van der Waals surface area contributed by atoms with Gasteiger partial charge in [0, 0.05) is 13.7 Å². The van der Waals surface area contributed by atoms with Crippen molar-refractivity contribution >= 4 is 17.7 Å². The highest BCUT2D eigenvalue weighted by Gasteiger charge is 2.21. The molecule has 2 unspecified atom stereocenters. The summed E-state index contributed by atoms with van der Waals surface area (Å²) in [6.45, 7) is 2.93. The standard InChI is InChI=1S/C12H19N3O3S/c1-9(19-12-14-13-8-15(12)2)11(16)18-7-10-5-3-4-6-17-10/h8-10H,3-7H2,1-2H3. The van der Waals surface area contributed by atoms with E-state index >= 15 is 0 Å². The van der Waals surface area contributed by atoms with E-state index in [4.69, 9.17) is 9.47 Å². The monoisotopic (exact) mass is 285 g/mol. The lowest BCUT2D eigenvalue weighted by Crippen LogP contribution is -2.28. The molecule has 0 spiro atoms. The van der Waals surface area contributed by atoms with E-state index in [2.05, 4.69) is 10.2 Å². The van der Waals surface area contributed by atoms with Gasteiger partial charge in [-0.05, 0) is 26.2 Å². The number of nitrogens with zero attached hydrogens (tertiary/aromatic N) is 3. The molecule has 2 heterocycles. The van der Waals surface area contributed by atoms with Gasteiger partial charge in [0.25, 0.3) is 0 Å². The minimum Gasteiger partial charge on any atom is -0.462 e. The van der Waals surface area contributed by atoms with Crippen LogP contribution in [0.4, 0.5) is 0 Å². The van der Waals surface area contributed by atoms with Crippen LogP contribution in [0, 0.1) is 0 Å². The molecule has 1 aliphatic heterocycles. The number of aromatic nitrogens is 3. The van der Waals surface area contributed by atoms with Crippen molar-refractivity contribution in [3.8, 4) is 0 Å². The third kappa shape index (κ3) is 4.21. The molecule has 1 aromatic heterocycles. The lowest BCUT2D eigenvalue weighted by Gasteiger charge is -2.22. The predicted octanol–water partition coefficient (Wildman–Crippen LogP) is 1.41. The fourth-order valence-corrected chi connectivity index (χ4v) is 2.60. The van der Waals surface area contributed by atoms with Gasteiger partial charge in [0.2, 0.25) is 0 Å². The Hall–Kier alpha value is -1.08. The molecule has 2 rings (SSSR count). The molecule has 1 saturated heterocycles. The number of carbonyl (C=O) groups excluding carboxylic acids is 1. The molecule has 0 aliphatic carbocycles. The minimum absolute atomic E-state index is 0.0599. The Bertz CT molecular complexity index is 418. The first kappa shape index (κ1) is 14.3. The Labute approximate surface area is 116 Å². The lowest BCUT2D eigenvalue weighted by molar-refractivity contribution is -0.148. The highest BCUT2D eigenvalue weighted by Crippen LogP contribution is 2.21. The number of carbonyl (C=O) groups is 1. The van der Waals surface area contributed by atoms with E-state index in [0.29, 0.717) is 11.8 Å². The average molecular weight is 285 g/mol. The Balaban J connectivity index is 1.74. The summed E-state index contributed by atoms with van der Waals surface area (Å²) in [6.07, 6.45) is 4.88. The molecule has 0 bridgehead atoms. The van der Waals surface area contributed by atoms with E-state index in [-0.39, 0.29) is 17.3 Å². The van der Waals surface area contributed by atoms with Crippen molar-refractivity contribution in [1.82, 2.24) is 14.8 Å².